The molecule has 1 heterocycles. The van der Waals surface area contributed by atoms with E-state index >= 15 is 0 Å². The van der Waals surface area contributed by atoms with Crippen molar-refractivity contribution in [2.45, 2.75) is 13.3 Å². The third-order valence-electron chi connectivity index (χ3n) is 2.46. The van der Waals surface area contributed by atoms with Crippen LogP contribution < -0.4 is 0 Å². The van der Waals surface area contributed by atoms with Crippen molar-refractivity contribution in [3.63, 3.8) is 0 Å². The van der Waals surface area contributed by atoms with E-state index in [4.69, 9.17) is 0 Å². The summed E-state index contributed by atoms with van der Waals surface area (Å²) in [7, 11) is 0. The molecule has 2 aromatic rings. The molecule has 0 saturated carbocycles. The van der Waals surface area contributed by atoms with Crippen LogP contribution in [-0.2, 0) is 6.42 Å². The molecule has 16 heavy (non-hydrogen) atoms. The highest BCUT2D eigenvalue weighted by atomic mass is 32.1. The lowest BCUT2D eigenvalue weighted by Crippen LogP contribution is -1.97. The maximum Gasteiger partial charge on any atom is 0.129 e. The molecule has 0 unspecified atom stereocenters. The lowest BCUT2D eigenvalue weighted by molar-refractivity contribution is 0.952. The van der Waals surface area contributed by atoms with Gasteiger partial charge in [-0.1, -0.05) is 24.3 Å². The fourth-order valence-corrected chi connectivity index (χ4v) is 1.83. The van der Waals surface area contributed by atoms with Crippen LogP contribution in [0.2, 0.25) is 0 Å². The number of hydrogen-bond acceptors (Lipinski definition) is 3. The van der Waals surface area contributed by atoms with E-state index in [1.807, 2.05) is 24.4 Å². The topological polar surface area (TPSA) is 25.8 Å². The average Bonchev–Trinajstić information content (AvgIpc) is 2.30. The van der Waals surface area contributed by atoms with Crippen molar-refractivity contribution in [3.8, 4) is 11.3 Å². The fourth-order valence-electron chi connectivity index (χ4n) is 1.63. The lowest BCUT2D eigenvalue weighted by atomic mass is 10.1. The summed E-state index contributed by atoms with van der Waals surface area (Å²) in [5.41, 5.74) is 3.40. The molecule has 0 bridgehead atoms. The lowest BCUT2D eigenvalue weighted by Gasteiger charge is -2.05. The van der Waals surface area contributed by atoms with Crippen molar-refractivity contribution >= 4 is 12.6 Å². The highest BCUT2D eigenvalue weighted by Gasteiger charge is 2.03. The Morgan fingerprint density at radius 1 is 1.19 bits per heavy atom. The second-order valence-corrected chi connectivity index (χ2v) is 4.09. The molecule has 0 aliphatic heterocycles. The molecule has 0 N–H and O–H groups in total. The minimum Gasteiger partial charge on any atom is -0.241 e. The van der Waals surface area contributed by atoms with Crippen molar-refractivity contribution in [2.24, 2.45) is 0 Å². The summed E-state index contributed by atoms with van der Waals surface area (Å²) in [4.78, 5) is 8.76. The van der Waals surface area contributed by atoms with Gasteiger partial charge in [0.1, 0.15) is 5.82 Å². The molecule has 0 spiro atoms. The summed E-state index contributed by atoms with van der Waals surface area (Å²) in [6.07, 6.45) is 2.62. The summed E-state index contributed by atoms with van der Waals surface area (Å²) in [5.74, 6) is 1.63. The van der Waals surface area contributed by atoms with Crippen molar-refractivity contribution in [1.29, 1.82) is 0 Å². The van der Waals surface area contributed by atoms with Crippen molar-refractivity contribution < 1.29 is 0 Å². The van der Waals surface area contributed by atoms with Crippen LogP contribution in [-0.4, -0.2) is 15.7 Å². The highest BCUT2D eigenvalue weighted by Crippen LogP contribution is 2.20. The summed E-state index contributed by atoms with van der Waals surface area (Å²) in [5, 5.41) is 0. The number of hydrogen-bond donors (Lipinski definition) is 1. The highest BCUT2D eigenvalue weighted by molar-refractivity contribution is 7.80. The summed E-state index contributed by atoms with van der Waals surface area (Å²) >= 11 is 4.19. The minimum absolute atomic E-state index is 0.775. The molecular formula is C13H14N2S. The van der Waals surface area contributed by atoms with Gasteiger partial charge in [-0.25, -0.2) is 9.97 Å². The Morgan fingerprint density at radius 3 is 2.75 bits per heavy atom. The summed E-state index contributed by atoms with van der Waals surface area (Å²) in [6.45, 7) is 2.09. The average molecular weight is 230 g/mol. The van der Waals surface area contributed by atoms with Gasteiger partial charge in [0, 0.05) is 18.2 Å². The number of thiol groups is 1. The standard InChI is InChI=1S/C13H14N2S/c1-10-4-2-3-5-11(10)12-6-8-14-13(15-12)7-9-16/h2-6,8,16H,7,9H2,1H3. The SMILES string of the molecule is Cc1ccccc1-c1ccnc(CCS)n1. The largest absolute Gasteiger partial charge is 0.241 e. The summed E-state index contributed by atoms with van der Waals surface area (Å²) < 4.78 is 0. The van der Waals surface area contributed by atoms with E-state index in [0.29, 0.717) is 0 Å². The number of benzene rings is 1. The van der Waals surface area contributed by atoms with Crippen LogP contribution in [0.3, 0.4) is 0 Å². The van der Waals surface area contributed by atoms with Gasteiger partial charge in [-0.2, -0.15) is 12.6 Å². The number of nitrogens with zero attached hydrogens (tertiary/aromatic N) is 2. The van der Waals surface area contributed by atoms with Crippen molar-refractivity contribution in [2.75, 3.05) is 5.75 Å². The van der Waals surface area contributed by atoms with E-state index in [2.05, 4.69) is 41.7 Å². The van der Waals surface area contributed by atoms with Crippen LogP contribution >= 0.6 is 12.6 Å². The van der Waals surface area contributed by atoms with Crippen molar-refractivity contribution in [1.82, 2.24) is 9.97 Å². The maximum atomic E-state index is 4.53. The molecule has 0 radical (unpaired) electrons. The Kier molecular flexibility index (Phi) is 3.57. The van der Waals surface area contributed by atoms with Gasteiger partial charge in [0.05, 0.1) is 5.69 Å². The van der Waals surface area contributed by atoms with Gasteiger partial charge in [-0.3, -0.25) is 0 Å². The zero-order valence-corrected chi connectivity index (χ0v) is 10.1. The maximum absolute atomic E-state index is 4.53. The Bertz CT molecular complexity index is 483. The first kappa shape index (κ1) is 11.1. The van der Waals surface area contributed by atoms with Gasteiger partial charge in [-0.15, -0.1) is 0 Å². The summed E-state index contributed by atoms with van der Waals surface area (Å²) in [6, 6.07) is 10.2. The molecule has 82 valence electrons. The Hall–Kier alpha value is -1.35. The third kappa shape index (κ3) is 2.42. The van der Waals surface area contributed by atoms with Crippen LogP contribution in [0.25, 0.3) is 11.3 Å². The Labute approximate surface area is 101 Å². The molecule has 2 rings (SSSR count). The monoisotopic (exact) mass is 230 g/mol. The van der Waals surface area contributed by atoms with E-state index in [1.54, 1.807) is 0 Å². The van der Waals surface area contributed by atoms with E-state index in [9.17, 15) is 0 Å². The fraction of sp³-hybridized carbons (Fsp3) is 0.231. The van der Waals surface area contributed by atoms with E-state index < -0.39 is 0 Å². The molecule has 0 atom stereocenters. The van der Waals surface area contributed by atoms with E-state index in [-0.39, 0.29) is 0 Å². The van der Waals surface area contributed by atoms with Crippen LogP contribution in [0.5, 0.6) is 0 Å². The van der Waals surface area contributed by atoms with Gasteiger partial charge in [0.15, 0.2) is 0 Å². The molecule has 0 saturated heterocycles. The zero-order valence-electron chi connectivity index (χ0n) is 9.22. The normalized spacial score (nSPS) is 10.4. The first-order valence-corrected chi connectivity index (χ1v) is 5.93. The van der Waals surface area contributed by atoms with Crippen molar-refractivity contribution in [3.05, 3.63) is 47.9 Å². The van der Waals surface area contributed by atoms with Gasteiger partial charge in [0.2, 0.25) is 0 Å². The smallest absolute Gasteiger partial charge is 0.129 e. The van der Waals surface area contributed by atoms with Crippen LogP contribution in [0.1, 0.15) is 11.4 Å². The van der Waals surface area contributed by atoms with Gasteiger partial charge in [0.25, 0.3) is 0 Å². The molecular weight excluding hydrogens is 216 g/mol. The molecule has 2 nitrogen and oxygen atoms in total. The predicted molar refractivity (Wildman–Crippen MR) is 69.8 cm³/mol. The van der Waals surface area contributed by atoms with Gasteiger partial charge < -0.3 is 0 Å². The van der Waals surface area contributed by atoms with E-state index in [0.717, 1.165) is 23.7 Å². The zero-order chi connectivity index (χ0) is 11.4. The third-order valence-corrected chi connectivity index (χ3v) is 2.69. The van der Waals surface area contributed by atoms with Gasteiger partial charge >= 0.3 is 0 Å². The van der Waals surface area contributed by atoms with E-state index in [1.165, 1.54) is 11.1 Å². The number of rotatable bonds is 3. The second kappa shape index (κ2) is 5.12. The van der Waals surface area contributed by atoms with Crippen LogP contribution in [0.15, 0.2) is 36.5 Å². The molecule has 3 heteroatoms. The second-order valence-electron chi connectivity index (χ2n) is 3.65. The molecule has 0 fully saturated rings. The predicted octanol–water partition coefficient (Wildman–Crippen LogP) is 2.92. The number of aryl methyl sites for hydroxylation is 2. The number of aromatic nitrogens is 2. The molecule has 1 aromatic heterocycles. The van der Waals surface area contributed by atoms with Crippen LogP contribution in [0, 0.1) is 6.92 Å². The van der Waals surface area contributed by atoms with Gasteiger partial charge in [-0.05, 0) is 24.3 Å². The molecule has 0 aliphatic carbocycles. The van der Waals surface area contributed by atoms with Crippen LogP contribution in [0.4, 0.5) is 0 Å². The first-order chi connectivity index (χ1) is 7.81. The first-order valence-electron chi connectivity index (χ1n) is 5.30. The molecule has 0 amide bonds. The Balaban J connectivity index is 2.40. The quantitative estimate of drug-likeness (QED) is 0.820. The molecule has 0 aliphatic rings. The molecule has 1 aromatic carbocycles. The minimum atomic E-state index is 0.775. The Morgan fingerprint density at radius 2 is 2.00 bits per heavy atom.